The van der Waals surface area contributed by atoms with Gasteiger partial charge in [0, 0.05) is 19.6 Å². The van der Waals surface area contributed by atoms with E-state index in [1.165, 1.54) is 4.31 Å². The Balaban J connectivity index is 2.39. The van der Waals surface area contributed by atoms with Gasteiger partial charge in [0.15, 0.2) is 0 Å². The van der Waals surface area contributed by atoms with Gasteiger partial charge in [-0.05, 0) is 40.0 Å². The van der Waals surface area contributed by atoms with E-state index in [-0.39, 0.29) is 6.04 Å². The van der Waals surface area contributed by atoms with Crippen molar-refractivity contribution in [3.8, 4) is 0 Å². The summed E-state index contributed by atoms with van der Waals surface area (Å²) in [4.78, 5) is 0.317. The van der Waals surface area contributed by atoms with Crippen LogP contribution in [0.1, 0.15) is 37.6 Å². The number of hydrogen-bond donors (Lipinski definition) is 1. The second-order valence-electron chi connectivity index (χ2n) is 5.62. The lowest BCUT2D eigenvalue weighted by molar-refractivity contribution is 0.158. The summed E-state index contributed by atoms with van der Waals surface area (Å²) in [6.07, 6.45) is 1.64. The minimum atomic E-state index is -3.54. The first-order valence-electron chi connectivity index (χ1n) is 6.95. The van der Waals surface area contributed by atoms with Gasteiger partial charge in [0.05, 0.1) is 17.5 Å². The summed E-state index contributed by atoms with van der Waals surface area (Å²) < 4.78 is 28.9. The van der Waals surface area contributed by atoms with Gasteiger partial charge in [-0.25, -0.2) is 8.42 Å². The van der Waals surface area contributed by atoms with E-state index >= 15 is 0 Å². The van der Waals surface area contributed by atoms with Crippen LogP contribution in [0.15, 0.2) is 4.90 Å². The van der Waals surface area contributed by atoms with Gasteiger partial charge in [-0.3, -0.25) is 4.68 Å². The number of sulfonamides is 1. The van der Waals surface area contributed by atoms with E-state index in [4.69, 9.17) is 0 Å². The maximum atomic E-state index is 12.9. The zero-order chi connectivity index (χ0) is 15.1. The molecule has 1 fully saturated rings. The van der Waals surface area contributed by atoms with E-state index in [1.807, 2.05) is 0 Å². The van der Waals surface area contributed by atoms with Gasteiger partial charge in [-0.2, -0.15) is 9.40 Å². The van der Waals surface area contributed by atoms with Gasteiger partial charge < -0.3 is 5.11 Å². The molecule has 2 unspecified atom stereocenters. The molecular weight excluding hydrogens is 278 g/mol. The molecule has 1 aliphatic rings. The average Bonchev–Trinajstić information content (AvgIpc) is 2.85. The first-order valence-corrected chi connectivity index (χ1v) is 8.39. The predicted octanol–water partition coefficient (Wildman–Crippen LogP) is 0.961. The van der Waals surface area contributed by atoms with Crippen LogP contribution in [0.3, 0.4) is 0 Å². The van der Waals surface area contributed by atoms with Crippen molar-refractivity contribution in [1.82, 2.24) is 14.1 Å². The summed E-state index contributed by atoms with van der Waals surface area (Å²) >= 11 is 0. The lowest BCUT2D eigenvalue weighted by Gasteiger charge is -2.25. The van der Waals surface area contributed by atoms with Crippen LogP contribution < -0.4 is 0 Å². The molecule has 0 amide bonds. The topological polar surface area (TPSA) is 75.4 Å². The first-order chi connectivity index (χ1) is 9.25. The first kappa shape index (κ1) is 15.5. The number of hydrogen-bond acceptors (Lipinski definition) is 4. The Bertz CT molecular complexity index is 592. The highest BCUT2D eigenvalue weighted by molar-refractivity contribution is 7.89. The smallest absolute Gasteiger partial charge is 0.246 e. The van der Waals surface area contributed by atoms with Crippen molar-refractivity contribution in [2.75, 3.05) is 6.54 Å². The molecule has 0 radical (unpaired) electrons. The number of aliphatic hydroxyl groups excluding tert-OH is 1. The Labute approximate surface area is 120 Å². The Morgan fingerprint density at radius 1 is 1.45 bits per heavy atom. The second-order valence-corrected chi connectivity index (χ2v) is 7.45. The summed E-state index contributed by atoms with van der Waals surface area (Å²) in [6, 6.07) is -0.112. The molecule has 1 aliphatic heterocycles. The molecule has 2 rings (SSSR count). The Morgan fingerprint density at radius 2 is 2.10 bits per heavy atom. The summed E-state index contributed by atoms with van der Waals surface area (Å²) in [5.74, 6) is 0. The quantitative estimate of drug-likeness (QED) is 0.899. The molecule has 6 nitrogen and oxygen atoms in total. The third-order valence-corrected chi connectivity index (χ3v) is 6.15. The fourth-order valence-electron chi connectivity index (χ4n) is 3.00. The highest BCUT2D eigenvalue weighted by atomic mass is 32.2. The second kappa shape index (κ2) is 5.46. The lowest BCUT2D eigenvalue weighted by Crippen LogP contribution is -2.37. The number of aryl methyl sites for hydroxylation is 2. The van der Waals surface area contributed by atoms with Crippen molar-refractivity contribution < 1.29 is 13.5 Å². The third-order valence-electron chi connectivity index (χ3n) is 3.95. The van der Waals surface area contributed by atoms with Crippen molar-refractivity contribution in [3.05, 3.63) is 11.4 Å². The zero-order valence-corrected chi connectivity index (χ0v) is 13.3. The molecule has 0 aliphatic carbocycles. The maximum absolute atomic E-state index is 12.9. The molecule has 0 saturated carbocycles. The summed E-state index contributed by atoms with van der Waals surface area (Å²) in [6.45, 7) is 5.71. The number of rotatable bonds is 4. The molecular formula is C13H23N3O3S. The van der Waals surface area contributed by atoms with Crippen molar-refractivity contribution in [2.45, 2.75) is 57.1 Å². The molecule has 2 atom stereocenters. The summed E-state index contributed by atoms with van der Waals surface area (Å²) in [5, 5.41) is 13.7. The molecule has 114 valence electrons. The fourth-order valence-corrected chi connectivity index (χ4v) is 5.11. The number of aliphatic hydroxyl groups is 1. The fraction of sp³-hybridized carbons (Fsp3) is 0.769. The molecule has 1 aromatic heterocycles. The van der Waals surface area contributed by atoms with Crippen LogP contribution in [0, 0.1) is 13.8 Å². The number of nitrogens with zero attached hydrogens (tertiary/aromatic N) is 3. The third kappa shape index (κ3) is 2.62. The maximum Gasteiger partial charge on any atom is 0.246 e. The van der Waals surface area contributed by atoms with E-state index in [2.05, 4.69) is 5.10 Å². The van der Waals surface area contributed by atoms with Crippen molar-refractivity contribution >= 4 is 10.0 Å². The van der Waals surface area contributed by atoms with E-state index in [0.717, 1.165) is 12.8 Å². The zero-order valence-electron chi connectivity index (χ0n) is 12.5. The molecule has 0 aromatic carbocycles. The van der Waals surface area contributed by atoms with Crippen LogP contribution in [0.4, 0.5) is 0 Å². The molecule has 1 saturated heterocycles. The van der Waals surface area contributed by atoms with Gasteiger partial charge in [-0.15, -0.1) is 0 Å². The van der Waals surface area contributed by atoms with Crippen molar-refractivity contribution in [1.29, 1.82) is 0 Å². The molecule has 0 spiro atoms. The Morgan fingerprint density at radius 3 is 2.60 bits per heavy atom. The van der Waals surface area contributed by atoms with Crippen LogP contribution >= 0.6 is 0 Å². The van der Waals surface area contributed by atoms with Crippen molar-refractivity contribution in [3.63, 3.8) is 0 Å². The Kier molecular flexibility index (Phi) is 4.22. The molecule has 1 N–H and O–H groups in total. The molecule has 1 aromatic rings. The van der Waals surface area contributed by atoms with E-state index in [0.29, 0.717) is 29.2 Å². The minimum Gasteiger partial charge on any atom is -0.393 e. The highest BCUT2D eigenvalue weighted by Crippen LogP contribution is 2.31. The van der Waals surface area contributed by atoms with Gasteiger partial charge in [-0.1, -0.05) is 0 Å². The van der Waals surface area contributed by atoms with Crippen LogP contribution in [-0.4, -0.2) is 46.3 Å². The summed E-state index contributed by atoms with van der Waals surface area (Å²) in [7, 11) is -1.79. The highest BCUT2D eigenvalue weighted by Gasteiger charge is 2.38. The molecule has 20 heavy (non-hydrogen) atoms. The normalized spacial score (nSPS) is 22.4. The number of aromatic nitrogens is 2. The van der Waals surface area contributed by atoms with Gasteiger partial charge in [0.2, 0.25) is 10.0 Å². The van der Waals surface area contributed by atoms with Crippen molar-refractivity contribution in [2.24, 2.45) is 7.05 Å². The lowest BCUT2D eigenvalue weighted by atomic mass is 10.1. The van der Waals surface area contributed by atoms with Crippen LogP contribution in [0.5, 0.6) is 0 Å². The predicted molar refractivity (Wildman–Crippen MR) is 75.9 cm³/mol. The minimum absolute atomic E-state index is 0.112. The van der Waals surface area contributed by atoms with Gasteiger partial charge in [0.25, 0.3) is 0 Å². The average molecular weight is 301 g/mol. The molecule has 2 heterocycles. The van der Waals surface area contributed by atoms with Crippen LogP contribution in [0.2, 0.25) is 0 Å². The standard InChI is InChI=1S/C13H23N3O3S/c1-9(17)8-12-6-5-7-16(12)20(18,19)13-10(2)14-15(4)11(13)3/h9,12,17H,5-8H2,1-4H3. The SMILES string of the molecule is Cc1nn(C)c(C)c1S(=O)(=O)N1CCCC1CC(C)O. The molecule has 0 bridgehead atoms. The van der Waals surface area contributed by atoms with Crippen LogP contribution in [0.25, 0.3) is 0 Å². The molecule has 7 heteroatoms. The van der Waals surface area contributed by atoms with Crippen LogP contribution in [-0.2, 0) is 17.1 Å². The van der Waals surface area contributed by atoms with E-state index < -0.39 is 16.1 Å². The van der Waals surface area contributed by atoms with Gasteiger partial charge in [0.1, 0.15) is 4.90 Å². The largest absolute Gasteiger partial charge is 0.393 e. The summed E-state index contributed by atoms with van der Waals surface area (Å²) in [5.41, 5.74) is 1.19. The Hall–Kier alpha value is -0.920. The van der Waals surface area contributed by atoms with E-state index in [9.17, 15) is 13.5 Å². The van der Waals surface area contributed by atoms with E-state index in [1.54, 1.807) is 32.5 Å². The monoisotopic (exact) mass is 301 g/mol. The van der Waals surface area contributed by atoms with Gasteiger partial charge >= 0.3 is 0 Å².